The van der Waals surface area contributed by atoms with Crippen LogP contribution in [0, 0.1) is 0 Å². The second kappa shape index (κ2) is 6.34. The molecule has 3 atom stereocenters. The monoisotopic (exact) mass is 324 g/mol. The Kier molecular flexibility index (Phi) is 4.48. The smallest absolute Gasteiger partial charge is 0.185 e. The van der Waals surface area contributed by atoms with Crippen molar-refractivity contribution in [1.82, 2.24) is 0 Å². The van der Waals surface area contributed by atoms with Crippen LogP contribution in [0.2, 0.25) is 10.0 Å². The van der Waals surface area contributed by atoms with Crippen LogP contribution in [0.1, 0.15) is 23.5 Å². The molecular formula is C16H14Cl2O3. The number of ether oxygens (including phenoxy) is 2. The summed E-state index contributed by atoms with van der Waals surface area (Å²) in [6.07, 6.45) is -1.40. The minimum atomic E-state index is -0.514. The topological polar surface area (TPSA) is 38.7 Å². The molecule has 3 rings (SSSR count). The quantitative estimate of drug-likeness (QED) is 0.922. The average molecular weight is 325 g/mol. The van der Waals surface area contributed by atoms with E-state index in [9.17, 15) is 5.11 Å². The number of hydrogen-bond donors (Lipinski definition) is 1. The first-order valence-electron chi connectivity index (χ1n) is 6.60. The fourth-order valence-electron chi connectivity index (χ4n) is 2.39. The van der Waals surface area contributed by atoms with E-state index in [1.165, 1.54) is 0 Å². The van der Waals surface area contributed by atoms with E-state index in [0.29, 0.717) is 10.0 Å². The van der Waals surface area contributed by atoms with Crippen LogP contribution in [0.25, 0.3) is 0 Å². The molecule has 0 bridgehead atoms. The summed E-state index contributed by atoms with van der Waals surface area (Å²) in [7, 11) is 0. The van der Waals surface area contributed by atoms with Gasteiger partial charge in [-0.05, 0) is 12.1 Å². The highest BCUT2D eigenvalue weighted by Crippen LogP contribution is 2.42. The van der Waals surface area contributed by atoms with Gasteiger partial charge in [-0.2, -0.15) is 0 Å². The van der Waals surface area contributed by atoms with Gasteiger partial charge >= 0.3 is 0 Å². The predicted octanol–water partition coefficient (Wildman–Crippen LogP) is 4.14. The standard InChI is InChI=1S/C16H14Cl2O3/c17-11-6-7-12(13(18)8-11)15-14(9-19)20-16(21-15)10-4-2-1-3-5-10/h1-8,14-16,19H,9H2/t14-,15-,16?/m0/s1. The van der Waals surface area contributed by atoms with Gasteiger partial charge in [0.1, 0.15) is 12.2 Å². The van der Waals surface area contributed by atoms with E-state index in [4.69, 9.17) is 32.7 Å². The van der Waals surface area contributed by atoms with Gasteiger partial charge in [0, 0.05) is 21.2 Å². The number of rotatable bonds is 3. The van der Waals surface area contributed by atoms with Gasteiger partial charge in [0.25, 0.3) is 0 Å². The lowest BCUT2D eigenvalue weighted by atomic mass is 10.1. The van der Waals surface area contributed by atoms with E-state index >= 15 is 0 Å². The van der Waals surface area contributed by atoms with Crippen LogP contribution in [0.15, 0.2) is 48.5 Å². The van der Waals surface area contributed by atoms with Crippen LogP contribution >= 0.6 is 23.2 Å². The van der Waals surface area contributed by atoms with Gasteiger partial charge in [0.2, 0.25) is 0 Å². The van der Waals surface area contributed by atoms with Crippen LogP contribution < -0.4 is 0 Å². The normalized spacial score (nSPS) is 25.2. The molecule has 21 heavy (non-hydrogen) atoms. The van der Waals surface area contributed by atoms with Gasteiger partial charge in [-0.1, -0.05) is 59.6 Å². The van der Waals surface area contributed by atoms with E-state index in [0.717, 1.165) is 11.1 Å². The molecule has 3 nitrogen and oxygen atoms in total. The highest BCUT2D eigenvalue weighted by atomic mass is 35.5. The minimum absolute atomic E-state index is 0.146. The maximum absolute atomic E-state index is 9.53. The van der Waals surface area contributed by atoms with Crippen LogP contribution in [-0.2, 0) is 9.47 Å². The third kappa shape index (κ3) is 3.07. The molecule has 1 aliphatic rings. The molecule has 1 saturated heterocycles. The maximum Gasteiger partial charge on any atom is 0.185 e. The van der Waals surface area contributed by atoms with E-state index in [-0.39, 0.29) is 6.61 Å². The molecule has 2 aromatic rings. The summed E-state index contributed by atoms with van der Waals surface area (Å²) < 4.78 is 11.7. The molecule has 1 N–H and O–H groups in total. The molecule has 0 aromatic heterocycles. The SMILES string of the molecule is OC[C@@H]1OC(c2ccccc2)O[C@H]1c1ccc(Cl)cc1Cl. The molecule has 0 radical (unpaired) electrons. The van der Waals surface area contributed by atoms with Crippen molar-refractivity contribution in [2.75, 3.05) is 6.61 Å². The van der Waals surface area contributed by atoms with E-state index in [2.05, 4.69) is 0 Å². The number of aliphatic hydroxyl groups is 1. The Balaban J connectivity index is 1.88. The highest BCUT2D eigenvalue weighted by Gasteiger charge is 2.38. The van der Waals surface area contributed by atoms with Crippen molar-refractivity contribution < 1.29 is 14.6 Å². The lowest BCUT2D eigenvalue weighted by Gasteiger charge is -2.16. The fourth-order valence-corrected chi connectivity index (χ4v) is 2.91. The van der Waals surface area contributed by atoms with Crippen molar-refractivity contribution in [3.05, 3.63) is 69.7 Å². The molecule has 0 spiro atoms. The highest BCUT2D eigenvalue weighted by molar-refractivity contribution is 6.35. The van der Waals surface area contributed by atoms with E-state index in [1.54, 1.807) is 18.2 Å². The van der Waals surface area contributed by atoms with Gasteiger partial charge in [0.05, 0.1) is 6.61 Å². The fraction of sp³-hybridized carbons (Fsp3) is 0.250. The van der Waals surface area contributed by atoms with Crippen LogP contribution in [0.3, 0.4) is 0 Å². The summed E-state index contributed by atoms with van der Waals surface area (Å²) >= 11 is 12.1. The molecule has 1 unspecified atom stereocenters. The molecule has 1 heterocycles. The summed E-state index contributed by atoms with van der Waals surface area (Å²) in [6.45, 7) is -0.146. The summed E-state index contributed by atoms with van der Waals surface area (Å²) in [5.41, 5.74) is 1.67. The summed E-state index contributed by atoms with van der Waals surface area (Å²) in [5, 5.41) is 10.6. The molecule has 0 aliphatic carbocycles. The molecule has 1 aliphatic heterocycles. The molecule has 2 aromatic carbocycles. The Morgan fingerprint density at radius 2 is 1.76 bits per heavy atom. The Hall–Kier alpha value is -1.10. The van der Waals surface area contributed by atoms with Crippen LogP contribution in [0.4, 0.5) is 0 Å². The van der Waals surface area contributed by atoms with Crippen molar-refractivity contribution in [3.63, 3.8) is 0 Å². The van der Waals surface area contributed by atoms with Crippen molar-refractivity contribution in [2.45, 2.75) is 18.5 Å². The van der Waals surface area contributed by atoms with Gasteiger partial charge in [0.15, 0.2) is 6.29 Å². The first-order chi connectivity index (χ1) is 10.2. The van der Waals surface area contributed by atoms with Gasteiger partial charge in [-0.3, -0.25) is 0 Å². The molecule has 5 heteroatoms. The molecule has 1 fully saturated rings. The average Bonchev–Trinajstić information content (AvgIpc) is 2.92. The number of benzene rings is 2. The second-order valence-corrected chi connectivity index (χ2v) is 5.67. The lowest BCUT2D eigenvalue weighted by Crippen LogP contribution is -2.19. The van der Waals surface area contributed by atoms with Crippen molar-refractivity contribution in [2.24, 2.45) is 0 Å². The number of halogens is 2. The Bertz CT molecular complexity index is 618. The minimum Gasteiger partial charge on any atom is -0.394 e. The van der Waals surface area contributed by atoms with Crippen molar-refractivity contribution in [3.8, 4) is 0 Å². The van der Waals surface area contributed by atoms with Gasteiger partial charge in [-0.15, -0.1) is 0 Å². The zero-order valence-corrected chi connectivity index (χ0v) is 12.6. The van der Waals surface area contributed by atoms with E-state index in [1.807, 2.05) is 30.3 Å². The summed E-state index contributed by atoms with van der Waals surface area (Å²) in [4.78, 5) is 0. The molecule has 0 amide bonds. The maximum atomic E-state index is 9.53. The van der Waals surface area contributed by atoms with Crippen molar-refractivity contribution >= 4 is 23.2 Å². The molecule has 110 valence electrons. The van der Waals surface area contributed by atoms with Gasteiger partial charge < -0.3 is 14.6 Å². The zero-order chi connectivity index (χ0) is 14.8. The number of aliphatic hydroxyl groups excluding tert-OH is 1. The lowest BCUT2D eigenvalue weighted by molar-refractivity contribution is -0.0739. The first-order valence-corrected chi connectivity index (χ1v) is 7.36. The van der Waals surface area contributed by atoms with Crippen molar-refractivity contribution in [1.29, 1.82) is 0 Å². The second-order valence-electron chi connectivity index (χ2n) is 4.82. The van der Waals surface area contributed by atoms with E-state index < -0.39 is 18.5 Å². The Morgan fingerprint density at radius 1 is 1.00 bits per heavy atom. The predicted molar refractivity (Wildman–Crippen MR) is 81.4 cm³/mol. The van der Waals surface area contributed by atoms with Gasteiger partial charge in [-0.25, -0.2) is 0 Å². The Labute approximate surface area is 133 Å². The summed E-state index contributed by atoms with van der Waals surface area (Å²) in [6, 6.07) is 14.8. The van der Waals surface area contributed by atoms with Crippen LogP contribution in [0.5, 0.6) is 0 Å². The molecular weight excluding hydrogens is 311 g/mol. The third-order valence-electron chi connectivity index (χ3n) is 3.43. The van der Waals surface area contributed by atoms with Crippen LogP contribution in [-0.4, -0.2) is 17.8 Å². The zero-order valence-electron chi connectivity index (χ0n) is 11.1. The Morgan fingerprint density at radius 3 is 2.43 bits per heavy atom. The number of hydrogen-bond acceptors (Lipinski definition) is 3. The molecule has 0 saturated carbocycles. The summed E-state index contributed by atoms with van der Waals surface area (Å²) in [5.74, 6) is 0. The third-order valence-corrected chi connectivity index (χ3v) is 3.99. The first kappa shape index (κ1) is 14.8. The largest absolute Gasteiger partial charge is 0.394 e.